The molecular weight excluding hydrogens is 572 g/mol. The monoisotopic (exact) mass is 598 g/mol. The maximum atomic E-state index is 14.0. The standard InChI is InChI=1S/C40H26N2O4/c1-19-5-15-31(21(3)17-19)41-37(43)27-11-7-23-25-9-13-29-36-30(40(46)42(39(29)45)32-16-6-20(2)18-22(32)4)14-10-26(34(25)36)24-8-12-28(38(41)44)35(27)33(23)24/h5-18H,1-4H3. The summed E-state index contributed by atoms with van der Waals surface area (Å²) in [5.74, 6) is -1.42. The van der Waals surface area contributed by atoms with Crippen LogP contribution in [0.1, 0.15) is 63.7 Å². The number of nitrogens with zero attached hydrogens (tertiary/aromatic N) is 2. The molecule has 220 valence electrons. The summed E-state index contributed by atoms with van der Waals surface area (Å²) in [5.41, 5.74) is 6.85. The van der Waals surface area contributed by atoms with Gasteiger partial charge in [0.1, 0.15) is 0 Å². The van der Waals surface area contributed by atoms with E-state index in [0.29, 0.717) is 44.4 Å². The zero-order valence-corrected chi connectivity index (χ0v) is 25.6. The highest BCUT2D eigenvalue weighted by molar-refractivity contribution is 6.45. The number of benzene rings is 7. The minimum absolute atomic E-state index is 0.355. The van der Waals surface area contributed by atoms with Gasteiger partial charge in [0.2, 0.25) is 0 Å². The average molecular weight is 599 g/mol. The van der Waals surface area contributed by atoms with Crippen LogP contribution in [0.15, 0.2) is 84.9 Å². The lowest BCUT2D eigenvalue weighted by Crippen LogP contribution is -2.41. The maximum absolute atomic E-state index is 14.0. The van der Waals surface area contributed by atoms with Crippen molar-refractivity contribution in [1.29, 1.82) is 0 Å². The SMILES string of the molecule is Cc1ccc(N2C(=O)c3ccc4c5ccc6c7c(ccc(c8ccc(c3c48)C2=O)c75)C(=O)N(c2ccc(C)cc2C)C6=O)c(C)c1. The van der Waals surface area contributed by atoms with Gasteiger partial charge in [-0.3, -0.25) is 19.2 Å². The van der Waals surface area contributed by atoms with Crippen molar-refractivity contribution < 1.29 is 19.2 Å². The number of rotatable bonds is 2. The Hall–Kier alpha value is -5.88. The second-order valence-corrected chi connectivity index (χ2v) is 12.6. The maximum Gasteiger partial charge on any atom is 0.265 e. The summed E-state index contributed by atoms with van der Waals surface area (Å²) in [7, 11) is 0. The quantitative estimate of drug-likeness (QED) is 0.114. The molecule has 0 spiro atoms. The summed E-state index contributed by atoms with van der Waals surface area (Å²) in [4.78, 5) is 58.7. The predicted octanol–water partition coefficient (Wildman–Crippen LogP) is 8.57. The number of aryl methyl sites for hydroxylation is 4. The van der Waals surface area contributed by atoms with Crippen molar-refractivity contribution in [3.63, 3.8) is 0 Å². The minimum atomic E-state index is -0.355. The molecule has 2 aliphatic rings. The van der Waals surface area contributed by atoms with Crippen LogP contribution in [0.5, 0.6) is 0 Å². The summed E-state index contributed by atoms with van der Waals surface area (Å²) >= 11 is 0. The topological polar surface area (TPSA) is 74.8 Å². The van der Waals surface area contributed by atoms with Gasteiger partial charge >= 0.3 is 0 Å². The van der Waals surface area contributed by atoms with Crippen LogP contribution in [0, 0.1) is 27.7 Å². The fourth-order valence-corrected chi connectivity index (χ4v) is 7.82. The van der Waals surface area contributed by atoms with Gasteiger partial charge in [-0.2, -0.15) is 0 Å². The lowest BCUT2D eigenvalue weighted by atomic mass is 9.82. The van der Waals surface area contributed by atoms with Gasteiger partial charge in [0, 0.05) is 33.0 Å². The molecule has 0 fully saturated rings. The van der Waals surface area contributed by atoms with Gasteiger partial charge in [0.15, 0.2) is 0 Å². The van der Waals surface area contributed by atoms with Crippen LogP contribution in [0.25, 0.3) is 43.1 Å². The summed E-state index contributed by atoms with van der Waals surface area (Å²) in [5, 5.41) is 6.40. The number of carbonyl (C=O) groups is 4. The molecule has 0 aromatic heterocycles. The summed E-state index contributed by atoms with van der Waals surface area (Å²) in [6.07, 6.45) is 0. The van der Waals surface area contributed by atoms with Crippen LogP contribution in [-0.2, 0) is 0 Å². The first-order valence-corrected chi connectivity index (χ1v) is 15.3. The molecule has 0 radical (unpaired) electrons. The molecule has 2 aliphatic heterocycles. The molecule has 46 heavy (non-hydrogen) atoms. The van der Waals surface area contributed by atoms with Crippen LogP contribution in [-0.4, -0.2) is 23.6 Å². The van der Waals surface area contributed by atoms with Crippen molar-refractivity contribution >= 4 is 78.1 Å². The molecule has 0 unspecified atom stereocenters. The van der Waals surface area contributed by atoms with E-state index in [-0.39, 0.29) is 23.6 Å². The Kier molecular flexibility index (Phi) is 5.10. The molecule has 0 saturated carbocycles. The van der Waals surface area contributed by atoms with Crippen molar-refractivity contribution in [1.82, 2.24) is 0 Å². The smallest absolute Gasteiger partial charge is 0.265 e. The van der Waals surface area contributed by atoms with Crippen LogP contribution >= 0.6 is 0 Å². The lowest BCUT2D eigenvalue weighted by molar-refractivity contribution is 0.0877. The highest BCUT2D eigenvalue weighted by Gasteiger charge is 2.38. The predicted molar refractivity (Wildman–Crippen MR) is 182 cm³/mol. The van der Waals surface area contributed by atoms with Crippen LogP contribution < -0.4 is 9.80 Å². The molecular formula is C40H26N2O4. The summed E-state index contributed by atoms with van der Waals surface area (Å²) in [6, 6.07) is 26.3. The fraction of sp³-hybridized carbons (Fsp3) is 0.100. The van der Waals surface area contributed by atoms with E-state index >= 15 is 0 Å². The molecule has 7 aromatic rings. The number of imide groups is 2. The molecule has 9 rings (SSSR count). The number of anilines is 2. The second-order valence-electron chi connectivity index (χ2n) is 12.6. The molecule has 0 bridgehead atoms. The van der Waals surface area contributed by atoms with Gasteiger partial charge in [-0.25, -0.2) is 9.80 Å². The molecule has 4 amide bonds. The third-order valence-corrected chi connectivity index (χ3v) is 9.82. The molecule has 0 aliphatic carbocycles. The van der Waals surface area contributed by atoms with E-state index in [0.717, 1.165) is 54.6 Å². The van der Waals surface area contributed by atoms with Crippen molar-refractivity contribution in [2.24, 2.45) is 0 Å². The molecule has 0 atom stereocenters. The number of hydrogen-bond donors (Lipinski definition) is 0. The Morgan fingerprint density at radius 3 is 0.957 bits per heavy atom. The second kappa shape index (κ2) is 8.86. The molecule has 0 saturated heterocycles. The average Bonchev–Trinajstić information content (AvgIpc) is 3.03. The molecule has 6 heteroatoms. The van der Waals surface area contributed by atoms with E-state index in [1.54, 1.807) is 24.3 Å². The number of hydrogen-bond acceptors (Lipinski definition) is 4. The number of amides is 4. The third-order valence-electron chi connectivity index (χ3n) is 9.82. The van der Waals surface area contributed by atoms with Crippen LogP contribution in [0.2, 0.25) is 0 Å². The zero-order chi connectivity index (χ0) is 31.8. The molecule has 7 aromatic carbocycles. The van der Waals surface area contributed by atoms with E-state index in [9.17, 15) is 19.2 Å². The van der Waals surface area contributed by atoms with Crippen molar-refractivity contribution in [2.75, 3.05) is 9.80 Å². The van der Waals surface area contributed by atoms with Crippen molar-refractivity contribution in [3.05, 3.63) is 129 Å². The summed E-state index contributed by atoms with van der Waals surface area (Å²) in [6.45, 7) is 7.77. The minimum Gasteiger partial charge on any atom is -0.268 e. The van der Waals surface area contributed by atoms with E-state index < -0.39 is 0 Å². The zero-order valence-electron chi connectivity index (χ0n) is 25.6. The first-order valence-electron chi connectivity index (χ1n) is 15.3. The van der Waals surface area contributed by atoms with E-state index in [1.165, 1.54) is 9.80 Å². The Morgan fingerprint density at radius 1 is 0.370 bits per heavy atom. The van der Waals surface area contributed by atoms with E-state index in [4.69, 9.17) is 0 Å². The Labute approximate surface area is 263 Å². The summed E-state index contributed by atoms with van der Waals surface area (Å²) < 4.78 is 0. The van der Waals surface area contributed by atoms with Crippen LogP contribution in [0.4, 0.5) is 11.4 Å². The Morgan fingerprint density at radius 2 is 0.674 bits per heavy atom. The first kappa shape index (κ1) is 26.5. The van der Waals surface area contributed by atoms with Gasteiger partial charge < -0.3 is 0 Å². The third kappa shape index (κ3) is 3.20. The van der Waals surface area contributed by atoms with Crippen molar-refractivity contribution in [3.8, 4) is 0 Å². The van der Waals surface area contributed by atoms with Crippen LogP contribution in [0.3, 0.4) is 0 Å². The first-order chi connectivity index (χ1) is 22.2. The highest BCUT2D eigenvalue weighted by atomic mass is 16.2. The van der Waals surface area contributed by atoms with Gasteiger partial charge in [-0.15, -0.1) is 0 Å². The van der Waals surface area contributed by atoms with E-state index in [2.05, 4.69) is 0 Å². The van der Waals surface area contributed by atoms with Gasteiger partial charge in [0.25, 0.3) is 23.6 Å². The largest absolute Gasteiger partial charge is 0.268 e. The Bertz CT molecular complexity index is 2310. The molecule has 0 N–H and O–H groups in total. The number of carbonyl (C=O) groups excluding carboxylic acids is 4. The van der Waals surface area contributed by atoms with Gasteiger partial charge in [-0.05, 0) is 108 Å². The van der Waals surface area contributed by atoms with Gasteiger partial charge in [0.05, 0.1) is 11.4 Å². The fourth-order valence-electron chi connectivity index (χ4n) is 7.82. The van der Waals surface area contributed by atoms with Crippen molar-refractivity contribution in [2.45, 2.75) is 27.7 Å². The molecule has 6 nitrogen and oxygen atoms in total. The Balaban J connectivity index is 1.30. The number of fused-ring (bicyclic) bond motifs is 2. The normalized spacial score (nSPS) is 14.6. The van der Waals surface area contributed by atoms with E-state index in [1.807, 2.05) is 88.4 Å². The molecule has 2 heterocycles. The lowest BCUT2D eigenvalue weighted by Gasteiger charge is -2.31. The highest BCUT2D eigenvalue weighted by Crippen LogP contribution is 2.47. The van der Waals surface area contributed by atoms with Gasteiger partial charge in [-0.1, -0.05) is 59.7 Å².